The summed E-state index contributed by atoms with van der Waals surface area (Å²) in [5.74, 6) is 0.970. The molecule has 2 aromatic heterocycles. The van der Waals surface area contributed by atoms with Crippen molar-refractivity contribution >= 4 is 23.2 Å². The van der Waals surface area contributed by atoms with Gasteiger partial charge in [0.15, 0.2) is 5.84 Å². The minimum absolute atomic E-state index is 0.0944. The SMILES string of the molecule is CSCc1cn2ccc(C(N)=NO)cc2n1. The van der Waals surface area contributed by atoms with E-state index in [1.165, 1.54) is 0 Å². The summed E-state index contributed by atoms with van der Waals surface area (Å²) in [6, 6.07) is 3.57. The third-order valence-corrected chi connectivity index (χ3v) is 2.79. The van der Waals surface area contributed by atoms with Crippen LogP contribution in [0.15, 0.2) is 29.7 Å². The highest BCUT2D eigenvalue weighted by Crippen LogP contribution is 2.12. The van der Waals surface area contributed by atoms with Crippen LogP contribution in [0.1, 0.15) is 11.3 Å². The first-order valence-corrected chi connectivity index (χ1v) is 6.08. The van der Waals surface area contributed by atoms with Gasteiger partial charge in [0.05, 0.1) is 5.69 Å². The number of rotatable bonds is 3. The highest BCUT2D eigenvalue weighted by atomic mass is 32.2. The molecule has 0 fully saturated rings. The van der Waals surface area contributed by atoms with Gasteiger partial charge >= 0.3 is 0 Å². The maximum absolute atomic E-state index is 8.58. The molecule has 0 bridgehead atoms. The maximum atomic E-state index is 8.58. The molecule has 0 saturated carbocycles. The third-order valence-electron chi connectivity index (χ3n) is 2.21. The summed E-state index contributed by atoms with van der Waals surface area (Å²) < 4.78 is 1.92. The first-order chi connectivity index (χ1) is 7.74. The standard InChI is InChI=1S/C10H12N4OS/c1-16-6-8-5-14-3-2-7(10(11)13-15)4-9(14)12-8/h2-5,15H,6H2,1H3,(H2,11,13). The molecule has 3 N–H and O–H groups in total. The first-order valence-electron chi connectivity index (χ1n) is 4.69. The summed E-state index contributed by atoms with van der Waals surface area (Å²) in [5.41, 5.74) is 7.99. The van der Waals surface area contributed by atoms with Crippen LogP contribution in [-0.4, -0.2) is 26.7 Å². The molecule has 0 aliphatic heterocycles. The Balaban J connectivity index is 2.45. The number of nitrogens with two attached hydrogens (primary N) is 1. The number of nitrogens with zero attached hydrogens (tertiary/aromatic N) is 3. The Bertz CT molecular complexity index is 535. The van der Waals surface area contributed by atoms with Crippen molar-refractivity contribution in [3.8, 4) is 0 Å². The number of hydrogen-bond donors (Lipinski definition) is 2. The minimum Gasteiger partial charge on any atom is -0.409 e. The van der Waals surface area contributed by atoms with Crippen molar-refractivity contribution in [2.45, 2.75) is 5.75 Å². The largest absolute Gasteiger partial charge is 0.409 e. The molecule has 0 amide bonds. The molecule has 84 valence electrons. The Kier molecular flexibility index (Phi) is 3.00. The fraction of sp³-hybridized carbons (Fsp3) is 0.200. The van der Waals surface area contributed by atoms with Crippen LogP contribution in [0.4, 0.5) is 0 Å². The first kappa shape index (κ1) is 10.8. The van der Waals surface area contributed by atoms with Gasteiger partial charge in [0, 0.05) is 23.7 Å². The maximum Gasteiger partial charge on any atom is 0.170 e. The van der Waals surface area contributed by atoms with Gasteiger partial charge in [-0.15, -0.1) is 0 Å². The molecule has 0 aliphatic rings. The lowest BCUT2D eigenvalue weighted by molar-refractivity contribution is 0.318. The van der Waals surface area contributed by atoms with E-state index in [9.17, 15) is 0 Å². The summed E-state index contributed by atoms with van der Waals surface area (Å²) >= 11 is 1.72. The van der Waals surface area contributed by atoms with Crippen molar-refractivity contribution in [1.29, 1.82) is 0 Å². The average molecular weight is 236 g/mol. The molecule has 0 unspecified atom stereocenters. The lowest BCUT2D eigenvalue weighted by Gasteiger charge is -1.98. The second-order valence-electron chi connectivity index (χ2n) is 3.33. The monoisotopic (exact) mass is 236 g/mol. The van der Waals surface area contributed by atoms with Gasteiger partial charge in [0.1, 0.15) is 5.65 Å². The molecular weight excluding hydrogens is 224 g/mol. The zero-order valence-corrected chi connectivity index (χ0v) is 9.61. The van der Waals surface area contributed by atoms with Gasteiger partial charge in [-0.05, 0) is 18.4 Å². The van der Waals surface area contributed by atoms with Crippen LogP contribution in [0.3, 0.4) is 0 Å². The molecule has 0 aromatic carbocycles. The van der Waals surface area contributed by atoms with E-state index in [-0.39, 0.29) is 5.84 Å². The van der Waals surface area contributed by atoms with E-state index in [1.54, 1.807) is 23.9 Å². The Hall–Kier alpha value is -1.69. The average Bonchev–Trinajstić information content (AvgIpc) is 2.69. The number of thioether (sulfide) groups is 1. The quantitative estimate of drug-likeness (QED) is 0.364. The van der Waals surface area contributed by atoms with Crippen molar-refractivity contribution < 1.29 is 5.21 Å². The van der Waals surface area contributed by atoms with Gasteiger partial charge < -0.3 is 15.3 Å². The zero-order valence-electron chi connectivity index (χ0n) is 8.79. The summed E-state index contributed by atoms with van der Waals surface area (Å²) in [7, 11) is 0. The predicted octanol–water partition coefficient (Wildman–Crippen LogP) is 1.29. The van der Waals surface area contributed by atoms with Crippen molar-refractivity contribution in [2.24, 2.45) is 10.9 Å². The number of hydrogen-bond acceptors (Lipinski definition) is 4. The van der Waals surface area contributed by atoms with Crippen LogP contribution in [0.2, 0.25) is 0 Å². The molecule has 0 aliphatic carbocycles. The predicted molar refractivity (Wildman–Crippen MR) is 64.9 cm³/mol. The molecule has 6 heteroatoms. The van der Waals surface area contributed by atoms with Crippen LogP contribution < -0.4 is 5.73 Å². The Labute approximate surface area is 97.0 Å². The van der Waals surface area contributed by atoms with Gasteiger partial charge in [0.25, 0.3) is 0 Å². The molecule has 5 nitrogen and oxygen atoms in total. The molecular formula is C10H12N4OS. The second-order valence-corrected chi connectivity index (χ2v) is 4.20. The number of imidazole rings is 1. The van der Waals surface area contributed by atoms with Crippen LogP contribution in [0, 0.1) is 0 Å². The van der Waals surface area contributed by atoms with E-state index in [4.69, 9.17) is 10.9 Å². The Morgan fingerprint density at radius 1 is 1.69 bits per heavy atom. The second kappa shape index (κ2) is 4.44. The van der Waals surface area contributed by atoms with Gasteiger partial charge in [-0.2, -0.15) is 11.8 Å². The molecule has 2 aromatic rings. The van der Waals surface area contributed by atoms with E-state index >= 15 is 0 Å². The van der Waals surface area contributed by atoms with Crippen molar-refractivity contribution in [2.75, 3.05) is 6.26 Å². The van der Waals surface area contributed by atoms with Crippen LogP contribution >= 0.6 is 11.8 Å². The van der Waals surface area contributed by atoms with Crippen molar-refractivity contribution in [1.82, 2.24) is 9.38 Å². The lowest BCUT2D eigenvalue weighted by atomic mass is 10.2. The number of aromatic nitrogens is 2. The topological polar surface area (TPSA) is 75.9 Å². The summed E-state index contributed by atoms with van der Waals surface area (Å²) in [5, 5.41) is 11.5. The highest BCUT2D eigenvalue weighted by Gasteiger charge is 2.04. The highest BCUT2D eigenvalue weighted by molar-refractivity contribution is 7.97. The van der Waals surface area contributed by atoms with E-state index < -0.39 is 0 Å². The molecule has 0 radical (unpaired) electrons. The zero-order chi connectivity index (χ0) is 11.5. The molecule has 2 heterocycles. The van der Waals surface area contributed by atoms with Crippen molar-refractivity contribution in [3.05, 3.63) is 35.8 Å². The molecule has 0 atom stereocenters. The van der Waals surface area contributed by atoms with E-state index in [2.05, 4.69) is 10.1 Å². The van der Waals surface area contributed by atoms with E-state index in [1.807, 2.05) is 23.1 Å². The van der Waals surface area contributed by atoms with Gasteiger partial charge in [-0.3, -0.25) is 0 Å². The Morgan fingerprint density at radius 2 is 2.50 bits per heavy atom. The van der Waals surface area contributed by atoms with Gasteiger partial charge in [-0.25, -0.2) is 4.98 Å². The fourth-order valence-electron chi connectivity index (χ4n) is 1.47. The van der Waals surface area contributed by atoms with E-state index in [0.717, 1.165) is 17.1 Å². The number of amidine groups is 1. The summed E-state index contributed by atoms with van der Waals surface area (Å²) in [6.07, 6.45) is 5.85. The molecule has 0 saturated heterocycles. The lowest BCUT2D eigenvalue weighted by Crippen LogP contribution is -2.13. The normalized spacial score (nSPS) is 12.2. The number of fused-ring (bicyclic) bond motifs is 1. The van der Waals surface area contributed by atoms with Crippen LogP contribution in [0.5, 0.6) is 0 Å². The van der Waals surface area contributed by atoms with Crippen LogP contribution in [0.25, 0.3) is 5.65 Å². The summed E-state index contributed by atoms with van der Waals surface area (Å²) in [6.45, 7) is 0. The van der Waals surface area contributed by atoms with Gasteiger partial charge in [0.2, 0.25) is 0 Å². The Morgan fingerprint density at radius 3 is 3.19 bits per heavy atom. The van der Waals surface area contributed by atoms with Crippen LogP contribution in [-0.2, 0) is 5.75 Å². The number of oxime groups is 1. The molecule has 2 rings (SSSR count). The molecule has 16 heavy (non-hydrogen) atoms. The minimum atomic E-state index is 0.0944. The fourth-order valence-corrected chi connectivity index (χ4v) is 1.90. The third kappa shape index (κ3) is 1.96. The van der Waals surface area contributed by atoms with E-state index in [0.29, 0.717) is 5.56 Å². The smallest absolute Gasteiger partial charge is 0.170 e. The van der Waals surface area contributed by atoms with Gasteiger partial charge in [-0.1, -0.05) is 5.16 Å². The molecule has 0 spiro atoms. The van der Waals surface area contributed by atoms with Crippen molar-refractivity contribution in [3.63, 3.8) is 0 Å². The number of pyridine rings is 1. The summed E-state index contributed by atoms with van der Waals surface area (Å²) in [4.78, 5) is 4.43.